The molecule has 1 atom stereocenters. The van der Waals surface area contributed by atoms with Gasteiger partial charge in [-0.2, -0.15) is 5.10 Å². The van der Waals surface area contributed by atoms with Gasteiger partial charge in [-0.25, -0.2) is 4.39 Å². The zero-order valence-corrected chi connectivity index (χ0v) is 12.3. The first-order valence-corrected chi connectivity index (χ1v) is 7.50. The van der Waals surface area contributed by atoms with E-state index in [4.69, 9.17) is 0 Å². The molecule has 110 valence electrons. The van der Waals surface area contributed by atoms with E-state index in [1.54, 1.807) is 18.2 Å². The molecule has 4 nitrogen and oxygen atoms in total. The van der Waals surface area contributed by atoms with Crippen molar-refractivity contribution in [3.8, 4) is 0 Å². The van der Waals surface area contributed by atoms with Crippen LogP contribution in [0.15, 0.2) is 64.8 Å². The van der Waals surface area contributed by atoms with Gasteiger partial charge in [0.25, 0.3) is 0 Å². The average Bonchev–Trinajstić information content (AvgIpc) is 2.91. The molecule has 1 amide bonds. The molecule has 0 radical (unpaired) electrons. The topological polar surface area (TPSA) is 53.8 Å². The van der Waals surface area contributed by atoms with E-state index in [0.29, 0.717) is 10.7 Å². The predicted octanol–water partition coefficient (Wildman–Crippen LogP) is 3.12. The minimum Gasteiger partial charge on any atom is -0.302 e. The van der Waals surface area contributed by atoms with Gasteiger partial charge in [-0.1, -0.05) is 60.3 Å². The number of hydrogen-bond acceptors (Lipinski definition) is 4. The number of hydrogen-bond donors (Lipinski definition) is 1. The van der Waals surface area contributed by atoms with Crippen LogP contribution in [0.1, 0.15) is 16.4 Å². The summed E-state index contributed by atoms with van der Waals surface area (Å²) in [5.74, 6) is -0.493. The summed E-state index contributed by atoms with van der Waals surface area (Å²) in [5.41, 5.74) is 1.26. The predicted molar refractivity (Wildman–Crippen MR) is 86.3 cm³/mol. The quantitative estimate of drug-likeness (QED) is 0.699. The normalized spacial score (nSPS) is 19.8. The maximum atomic E-state index is 13.4. The van der Waals surface area contributed by atoms with Crippen molar-refractivity contribution in [2.24, 2.45) is 10.2 Å². The Balaban J connectivity index is 1.72. The minimum absolute atomic E-state index is 0.129. The molecule has 3 rings (SSSR count). The number of nitrogens with one attached hydrogen (secondary N) is 1. The van der Waals surface area contributed by atoms with Crippen LogP contribution in [0.5, 0.6) is 0 Å². The van der Waals surface area contributed by atoms with Gasteiger partial charge < -0.3 is 5.32 Å². The van der Waals surface area contributed by atoms with Crippen LogP contribution < -0.4 is 5.32 Å². The third-order valence-electron chi connectivity index (χ3n) is 3.05. The number of benzene rings is 2. The van der Waals surface area contributed by atoms with E-state index in [9.17, 15) is 9.18 Å². The Bertz CT molecular complexity index is 746. The monoisotopic (exact) mass is 313 g/mol. The Morgan fingerprint density at radius 2 is 1.82 bits per heavy atom. The number of nitrogens with zero attached hydrogens (tertiary/aromatic N) is 2. The summed E-state index contributed by atoms with van der Waals surface area (Å²) < 4.78 is 13.4. The maximum Gasteiger partial charge on any atom is 0.244 e. The molecule has 0 aliphatic carbocycles. The second kappa shape index (κ2) is 6.53. The van der Waals surface area contributed by atoms with Crippen molar-refractivity contribution in [2.45, 2.75) is 5.25 Å². The first-order chi connectivity index (χ1) is 10.7. The molecule has 1 saturated heterocycles. The van der Waals surface area contributed by atoms with Gasteiger partial charge in [-0.3, -0.25) is 4.79 Å². The van der Waals surface area contributed by atoms with Gasteiger partial charge in [0.15, 0.2) is 5.17 Å². The molecule has 22 heavy (non-hydrogen) atoms. The zero-order chi connectivity index (χ0) is 15.4. The Hall–Kier alpha value is -2.47. The summed E-state index contributed by atoms with van der Waals surface area (Å²) in [4.78, 5) is 11.9. The highest BCUT2D eigenvalue weighted by atomic mass is 32.2. The molecular formula is C16H12FN3OS. The van der Waals surface area contributed by atoms with Crippen LogP contribution in [0.25, 0.3) is 0 Å². The molecule has 0 unspecified atom stereocenters. The largest absolute Gasteiger partial charge is 0.302 e. The van der Waals surface area contributed by atoms with E-state index in [1.165, 1.54) is 24.0 Å². The van der Waals surface area contributed by atoms with Gasteiger partial charge in [0.05, 0.1) is 6.21 Å². The third-order valence-corrected chi connectivity index (χ3v) is 4.18. The fourth-order valence-electron chi connectivity index (χ4n) is 1.98. The summed E-state index contributed by atoms with van der Waals surface area (Å²) >= 11 is 1.29. The fourth-order valence-corrected chi connectivity index (χ4v) is 2.92. The zero-order valence-electron chi connectivity index (χ0n) is 11.4. The second-order valence-corrected chi connectivity index (χ2v) is 5.66. The van der Waals surface area contributed by atoms with E-state index in [2.05, 4.69) is 15.5 Å². The number of halogens is 1. The van der Waals surface area contributed by atoms with E-state index in [0.717, 1.165) is 5.56 Å². The van der Waals surface area contributed by atoms with Crippen molar-refractivity contribution in [1.82, 2.24) is 5.32 Å². The molecule has 2 aromatic rings. The van der Waals surface area contributed by atoms with Crippen molar-refractivity contribution >= 4 is 29.1 Å². The molecule has 1 aliphatic rings. The van der Waals surface area contributed by atoms with Gasteiger partial charge in [0, 0.05) is 5.56 Å². The van der Waals surface area contributed by atoms with Gasteiger partial charge in [-0.15, -0.1) is 5.10 Å². The van der Waals surface area contributed by atoms with E-state index >= 15 is 0 Å². The first-order valence-electron chi connectivity index (χ1n) is 6.62. The Morgan fingerprint density at radius 1 is 1.09 bits per heavy atom. The Labute approximate surface area is 131 Å². The fraction of sp³-hybridized carbons (Fsp3) is 0.0625. The molecule has 1 fully saturated rings. The van der Waals surface area contributed by atoms with Crippen LogP contribution in [0.4, 0.5) is 4.39 Å². The average molecular weight is 313 g/mol. The Morgan fingerprint density at radius 3 is 2.59 bits per heavy atom. The molecular weight excluding hydrogens is 301 g/mol. The van der Waals surface area contributed by atoms with Crippen LogP contribution in [0, 0.1) is 5.82 Å². The lowest BCUT2D eigenvalue weighted by Crippen LogP contribution is -2.21. The molecule has 0 bridgehead atoms. The van der Waals surface area contributed by atoms with Crippen molar-refractivity contribution in [3.63, 3.8) is 0 Å². The van der Waals surface area contributed by atoms with Crippen molar-refractivity contribution in [3.05, 3.63) is 71.5 Å². The summed E-state index contributed by atoms with van der Waals surface area (Å²) in [6.45, 7) is 0. The maximum absolute atomic E-state index is 13.4. The lowest BCUT2D eigenvalue weighted by atomic mass is 10.1. The number of amidine groups is 1. The lowest BCUT2D eigenvalue weighted by Gasteiger charge is -2.03. The first kappa shape index (κ1) is 14.5. The van der Waals surface area contributed by atoms with Gasteiger partial charge in [0.1, 0.15) is 11.1 Å². The van der Waals surface area contributed by atoms with E-state index in [-0.39, 0.29) is 17.0 Å². The standard InChI is InChI=1S/C16H12FN3OS/c17-13-9-5-4-8-12(13)10-18-20-16-19-15(21)14(22-16)11-6-2-1-3-7-11/h1-10,14H,(H,19,20,21)/b18-10-/t14-/m1/s1. The van der Waals surface area contributed by atoms with E-state index < -0.39 is 0 Å². The smallest absolute Gasteiger partial charge is 0.244 e. The summed E-state index contributed by atoms with van der Waals surface area (Å²) in [6.07, 6.45) is 1.32. The van der Waals surface area contributed by atoms with Crippen molar-refractivity contribution in [1.29, 1.82) is 0 Å². The molecule has 1 N–H and O–H groups in total. The van der Waals surface area contributed by atoms with Crippen LogP contribution >= 0.6 is 11.8 Å². The number of amides is 1. The lowest BCUT2D eigenvalue weighted by molar-refractivity contribution is -0.118. The molecule has 0 spiro atoms. The summed E-state index contributed by atoms with van der Waals surface area (Å²) in [7, 11) is 0. The molecule has 0 aromatic heterocycles. The van der Waals surface area contributed by atoms with Crippen LogP contribution in [0.3, 0.4) is 0 Å². The molecule has 1 heterocycles. The molecule has 2 aromatic carbocycles. The van der Waals surface area contributed by atoms with Gasteiger partial charge in [-0.05, 0) is 11.6 Å². The minimum atomic E-state index is -0.364. The van der Waals surface area contributed by atoms with Crippen LogP contribution in [-0.2, 0) is 4.79 Å². The molecule has 1 aliphatic heterocycles. The molecule has 6 heteroatoms. The van der Waals surface area contributed by atoms with Crippen molar-refractivity contribution in [2.75, 3.05) is 0 Å². The van der Waals surface area contributed by atoms with Gasteiger partial charge in [0.2, 0.25) is 5.91 Å². The second-order valence-electron chi connectivity index (χ2n) is 4.57. The highest BCUT2D eigenvalue weighted by Gasteiger charge is 2.31. The van der Waals surface area contributed by atoms with Gasteiger partial charge >= 0.3 is 0 Å². The van der Waals surface area contributed by atoms with Crippen LogP contribution in [0.2, 0.25) is 0 Å². The Kier molecular flexibility index (Phi) is 4.29. The summed E-state index contributed by atoms with van der Waals surface area (Å²) in [5, 5.41) is 10.5. The van der Waals surface area contributed by atoms with Crippen LogP contribution in [-0.4, -0.2) is 17.3 Å². The number of rotatable bonds is 3. The number of carbonyl (C=O) groups is 1. The number of thioether (sulfide) groups is 1. The third kappa shape index (κ3) is 3.23. The number of carbonyl (C=O) groups excluding carboxylic acids is 1. The SMILES string of the molecule is O=C1N/C(=N/N=C\c2ccccc2F)S[C@@H]1c1ccccc1. The van der Waals surface area contributed by atoms with Crippen molar-refractivity contribution < 1.29 is 9.18 Å². The van der Waals surface area contributed by atoms with E-state index in [1.807, 2.05) is 30.3 Å². The highest BCUT2D eigenvalue weighted by molar-refractivity contribution is 8.15. The summed E-state index contributed by atoms with van der Waals surface area (Å²) in [6, 6.07) is 15.7. The highest BCUT2D eigenvalue weighted by Crippen LogP contribution is 2.34. The molecule has 0 saturated carbocycles.